The number of anilines is 1. The van der Waals surface area contributed by atoms with E-state index < -0.39 is 0 Å². The van der Waals surface area contributed by atoms with E-state index in [1.807, 2.05) is 19.9 Å². The zero-order valence-electron chi connectivity index (χ0n) is 11.3. The van der Waals surface area contributed by atoms with Crippen molar-refractivity contribution in [3.63, 3.8) is 0 Å². The average Bonchev–Trinajstić information content (AvgIpc) is 2.43. The molecule has 104 valence electrons. The van der Waals surface area contributed by atoms with Gasteiger partial charge in [0.25, 0.3) is 5.91 Å². The largest absolute Gasteiger partial charge is 0.494 e. The smallest absolute Gasteiger partial charge is 0.256 e. The Bertz CT molecular complexity index is 612. The van der Waals surface area contributed by atoms with Gasteiger partial charge < -0.3 is 10.1 Å². The number of ether oxygens (including phenoxy) is 1. The van der Waals surface area contributed by atoms with Crippen molar-refractivity contribution in [2.45, 2.75) is 13.8 Å². The second-order valence-electron chi connectivity index (χ2n) is 4.23. The summed E-state index contributed by atoms with van der Waals surface area (Å²) in [6.45, 7) is 4.42. The predicted molar refractivity (Wildman–Crippen MR) is 82.2 cm³/mol. The van der Waals surface area contributed by atoms with E-state index in [1.54, 1.807) is 30.5 Å². The third kappa shape index (κ3) is 3.57. The molecule has 1 aromatic heterocycles. The lowest BCUT2D eigenvalue weighted by Gasteiger charge is -2.08. The highest BCUT2D eigenvalue weighted by atomic mass is 79.9. The first-order valence-electron chi connectivity index (χ1n) is 6.26. The molecule has 4 nitrogen and oxygen atoms in total. The third-order valence-electron chi connectivity index (χ3n) is 2.70. The number of hydrogen-bond donors (Lipinski definition) is 1. The van der Waals surface area contributed by atoms with E-state index in [-0.39, 0.29) is 5.91 Å². The van der Waals surface area contributed by atoms with Gasteiger partial charge >= 0.3 is 0 Å². The Morgan fingerprint density at radius 2 is 2.05 bits per heavy atom. The van der Waals surface area contributed by atoms with Crippen molar-refractivity contribution >= 4 is 27.7 Å². The van der Waals surface area contributed by atoms with Crippen LogP contribution in [0.15, 0.2) is 41.0 Å². The zero-order chi connectivity index (χ0) is 14.5. The molecule has 1 heterocycles. The first-order valence-corrected chi connectivity index (χ1v) is 7.06. The second kappa shape index (κ2) is 6.52. The van der Waals surface area contributed by atoms with Crippen LogP contribution in [0, 0.1) is 6.92 Å². The molecule has 1 aromatic carbocycles. The number of rotatable bonds is 4. The third-order valence-corrected chi connectivity index (χ3v) is 3.14. The fraction of sp³-hybridized carbons (Fsp3) is 0.200. The molecular formula is C15H15BrN2O2. The minimum atomic E-state index is -0.189. The number of nitrogens with zero attached hydrogens (tertiary/aromatic N) is 1. The minimum Gasteiger partial charge on any atom is -0.494 e. The Labute approximate surface area is 126 Å². The summed E-state index contributed by atoms with van der Waals surface area (Å²) in [5, 5.41) is 2.79. The topological polar surface area (TPSA) is 51.2 Å². The van der Waals surface area contributed by atoms with Gasteiger partial charge in [-0.1, -0.05) is 0 Å². The minimum absolute atomic E-state index is 0.189. The van der Waals surface area contributed by atoms with Gasteiger partial charge in [0.1, 0.15) is 11.6 Å². The van der Waals surface area contributed by atoms with Gasteiger partial charge in [-0.05, 0) is 65.7 Å². The lowest BCUT2D eigenvalue weighted by Crippen LogP contribution is -2.13. The second-order valence-corrected chi connectivity index (χ2v) is 5.15. The van der Waals surface area contributed by atoms with Gasteiger partial charge in [-0.25, -0.2) is 4.98 Å². The van der Waals surface area contributed by atoms with Crippen LogP contribution >= 0.6 is 15.9 Å². The molecule has 0 aliphatic carbocycles. The number of benzene rings is 1. The van der Waals surface area contributed by atoms with Crippen LogP contribution in [0.1, 0.15) is 22.8 Å². The van der Waals surface area contributed by atoms with Gasteiger partial charge in [0.15, 0.2) is 0 Å². The normalized spacial score (nSPS) is 10.2. The summed E-state index contributed by atoms with van der Waals surface area (Å²) in [7, 11) is 0. The van der Waals surface area contributed by atoms with Crippen molar-refractivity contribution in [1.82, 2.24) is 4.98 Å². The Hall–Kier alpha value is -1.88. The summed E-state index contributed by atoms with van der Waals surface area (Å²) in [4.78, 5) is 16.3. The van der Waals surface area contributed by atoms with Crippen LogP contribution in [-0.4, -0.2) is 17.5 Å². The Morgan fingerprint density at radius 1 is 1.35 bits per heavy atom. The number of hydrogen-bond acceptors (Lipinski definition) is 3. The first-order chi connectivity index (χ1) is 9.60. The number of aryl methyl sites for hydroxylation is 1. The zero-order valence-corrected chi connectivity index (χ0v) is 12.9. The summed E-state index contributed by atoms with van der Waals surface area (Å²) in [5.41, 5.74) is 1.47. The van der Waals surface area contributed by atoms with Crippen molar-refractivity contribution in [3.05, 3.63) is 52.1 Å². The molecule has 0 aliphatic heterocycles. The van der Waals surface area contributed by atoms with Gasteiger partial charge in [0.05, 0.1) is 6.61 Å². The molecule has 2 rings (SSSR count). The van der Waals surface area contributed by atoms with Gasteiger partial charge in [-0.2, -0.15) is 0 Å². The van der Waals surface area contributed by atoms with Crippen LogP contribution in [0.2, 0.25) is 0 Å². The number of pyridine rings is 1. The molecule has 2 aromatic rings. The molecule has 0 atom stereocenters. The lowest BCUT2D eigenvalue weighted by molar-refractivity contribution is 0.102. The molecule has 1 N–H and O–H groups in total. The van der Waals surface area contributed by atoms with E-state index in [1.165, 1.54) is 0 Å². The lowest BCUT2D eigenvalue weighted by atomic mass is 10.2. The summed E-state index contributed by atoms with van der Waals surface area (Å²) >= 11 is 3.34. The SMILES string of the molecule is CCOc1ccc(C(=O)Nc2ncc(Br)cc2C)cc1. The number of halogens is 1. The standard InChI is InChI=1S/C15H15BrN2O2/c1-3-20-13-6-4-11(5-7-13)15(19)18-14-10(2)8-12(16)9-17-14/h4-9H,3H2,1-2H3,(H,17,18,19). The summed E-state index contributed by atoms with van der Waals surface area (Å²) < 4.78 is 6.23. The average molecular weight is 335 g/mol. The Kier molecular flexibility index (Phi) is 4.74. The van der Waals surface area contributed by atoms with Crippen LogP contribution in [-0.2, 0) is 0 Å². The molecule has 0 unspecified atom stereocenters. The maximum atomic E-state index is 12.1. The van der Waals surface area contributed by atoms with Crippen LogP contribution in [0.25, 0.3) is 0 Å². The van der Waals surface area contributed by atoms with Crippen LogP contribution < -0.4 is 10.1 Å². The van der Waals surface area contributed by atoms with Gasteiger partial charge in [-0.3, -0.25) is 4.79 Å². The van der Waals surface area contributed by atoms with Gasteiger partial charge in [0.2, 0.25) is 0 Å². The summed E-state index contributed by atoms with van der Waals surface area (Å²) in [5.74, 6) is 1.13. The van der Waals surface area contributed by atoms with E-state index in [0.717, 1.165) is 15.8 Å². The number of carbonyl (C=O) groups is 1. The molecule has 20 heavy (non-hydrogen) atoms. The monoisotopic (exact) mass is 334 g/mol. The number of carbonyl (C=O) groups excluding carboxylic acids is 1. The molecule has 0 saturated carbocycles. The highest BCUT2D eigenvalue weighted by molar-refractivity contribution is 9.10. The van der Waals surface area contributed by atoms with Crippen molar-refractivity contribution in [1.29, 1.82) is 0 Å². The van der Waals surface area contributed by atoms with E-state index in [9.17, 15) is 4.79 Å². The van der Waals surface area contributed by atoms with Gasteiger partial charge in [0, 0.05) is 16.2 Å². The van der Waals surface area contributed by atoms with E-state index in [4.69, 9.17) is 4.74 Å². The maximum absolute atomic E-state index is 12.1. The first kappa shape index (κ1) is 14.5. The summed E-state index contributed by atoms with van der Waals surface area (Å²) in [6.07, 6.45) is 1.65. The van der Waals surface area contributed by atoms with Crippen LogP contribution in [0.5, 0.6) is 5.75 Å². The van der Waals surface area contributed by atoms with E-state index in [0.29, 0.717) is 18.0 Å². The van der Waals surface area contributed by atoms with Crippen LogP contribution in [0.4, 0.5) is 5.82 Å². The fourth-order valence-corrected chi connectivity index (χ4v) is 2.17. The Morgan fingerprint density at radius 3 is 2.65 bits per heavy atom. The van der Waals surface area contributed by atoms with Crippen molar-refractivity contribution in [2.24, 2.45) is 0 Å². The van der Waals surface area contributed by atoms with Crippen molar-refractivity contribution in [2.75, 3.05) is 11.9 Å². The fourth-order valence-electron chi connectivity index (χ4n) is 1.72. The van der Waals surface area contributed by atoms with Gasteiger partial charge in [-0.15, -0.1) is 0 Å². The van der Waals surface area contributed by atoms with Crippen LogP contribution in [0.3, 0.4) is 0 Å². The summed E-state index contributed by atoms with van der Waals surface area (Å²) in [6, 6.07) is 8.92. The molecular weight excluding hydrogens is 320 g/mol. The molecule has 5 heteroatoms. The number of amides is 1. The number of aromatic nitrogens is 1. The molecule has 0 spiro atoms. The maximum Gasteiger partial charge on any atom is 0.256 e. The molecule has 0 aliphatic rings. The Balaban J connectivity index is 2.11. The van der Waals surface area contributed by atoms with E-state index in [2.05, 4.69) is 26.2 Å². The number of nitrogens with one attached hydrogen (secondary N) is 1. The predicted octanol–water partition coefficient (Wildman–Crippen LogP) is 3.80. The molecule has 0 saturated heterocycles. The molecule has 0 fully saturated rings. The highest BCUT2D eigenvalue weighted by Gasteiger charge is 2.09. The van der Waals surface area contributed by atoms with E-state index >= 15 is 0 Å². The van der Waals surface area contributed by atoms with Crippen molar-refractivity contribution < 1.29 is 9.53 Å². The molecule has 0 radical (unpaired) electrons. The van der Waals surface area contributed by atoms with Crippen molar-refractivity contribution in [3.8, 4) is 5.75 Å². The molecule has 1 amide bonds. The molecule has 0 bridgehead atoms. The highest BCUT2D eigenvalue weighted by Crippen LogP contribution is 2.18. The quantitative estimate of drug-likeness (QED) is 0.925.